The van der Waals surface area contributed by atoms with Gasteiger partial charge in [-0.1, -0.05) is 30.3 Å². The smallest absolute Gasteiger partial charge is 0.327 e. The first-order valence-corrected chi connectivity index (χ1v) is 7.56. The molecule has 0 aliphatic carbocycles. The minimum atomic E-state index is -0.575. The molecule has 0 spiro atoms. The first-order valence-electron chi connectivity index (χ1n) is 7.56. The van der Waals surface area contributed by atoms with Crippen LogP contribution in [0.1, 0.15) is 5.69 Å². The third kappa shape index (κ3) is 3.14. The van der Waals surface area contributed by atoms with Gasteiger partial charge in [-0.2, -0.15) is 10.2 Å². The van der Waals surface area contributed by atoms with Gasteiger partial charge >= 0.3 is 5.97 Å². The maximum Gasteiger partial charge on any atom is 0.327 e. The van der Waals surface area contributed by atoms with Gasteiger partial charge in [-0.3, -0.25) is 14.7 Å². The fraction of sp³-hybridized carbons (Fsp3) is 0.176. The number of nitrogen functional groups attached to an aromatic ring is 1. The summed E-state index contributed by atoms with van der Waals surface area (Å²) in [7, 11) is 1.24. The molecular formula is C17H17N5O3. The van der Waals surface area contributed by atoms with Crippen molar-refractivity contribution in [2.45, 2.75) is 13.5 Å². The Hall–Kier alpha value is -3.42. The van der Waals surface area contributed by atoms with Crippen LogP contribution in [0.25, 0.3) is 22.5 Å². The van der Waals surface area contributed by atoms with E-state index in [-0.39, 0.29) is 12.2 Å². The first-order chi connectivity index (χ1) is 12.0. The minimum absolute atomic E-state index is 0.000310. The lowest BCUT2D eigenvalue weighted by molar-refractivity contribution is -0.141. The van der Waals surface area contributed by atoms with Gasteiger partial charge in [0.2, 0.25) is 0 Å². The summed E-state index contributed by atoms with van der Waals surface area (Å²) in [5.41, 5.74) is 8.69. The molecule has 8 heteroatoms. The molecule has 0 saturated carbocycles. The predicted molar refractivity (Wildman–Crippen MR) is 92.7 cm³/mol. The Kier molecular flexibility index (Phi) is 4.34. The zero-order chi connectivity index (χ0) is 18.0. The average molecular weight is 339 g/mol. The van der Waals surface area contributed by atoms with Crippen LogP contribution in [0.3, 0.4) is 0 Å². The Bertz CT molecular complexity index is 976. The van der Waals surface area contributed by atoms with Crippen LogP contribution >= 0.6 is 0 Å². The number of esters is 1. The summed E-state index contributed by atoms with van der Waals surface area (Å²) in [6.45, 7) is 1.42. The molecule has 2 heterocycles. The maximum atomic E-state index is 12.4. The summed E-state index contributed by atoms with van der Waals surface area (Å²) in [5.74, 6) is -0.575. The molecule has 0 radical (unpaired) electrons. The topological polar surface area (TPSA) is 116 Å². The van der Waals surface area contributed by atoms with E-state index in [0.29, 0.717) is 17.0 Å². The molecule has 8 nitrogen and oxygen atoms in total. The Balaban J connectivity index is 2.04. The molecular weight excluding hydrogens is 322 g/mol. The van der Waals surface area contributed by atoms with E-state index in [1.54, 1.807) is 13.0 Å². The van der Waals surface area contributed by atoms with Crippen molar-refractivity contribution in [3.63, 3.8) is 0 Å². The summed E-state index contributed by atoms with van der Waals surface area (Å²) in [5, 5.41) is 11.3. The van der Waals surface area contributed by atoms with E-state index in [1.807, 2.05) is 30.3 Å². The number of methoxy groups -OCH3 is 1. The van der Waals surface area contributed by atoms with Gasteiger partial charge in [0.05, 0.1) is 29.8 Å². The van der Waals surface area contributed by atoms with E-state index >= 15 is 0 Å². The van der Waals surface area contributed by atoms with E-state index in [9.17, 15) is 9.59 Å². The van der Waals surface area contributed by atoms with Crippen molar-refractivity contribution in [1.82, 2.24) is 20.0 Å². The monoisotopic (exact) mass is 339 g/mol. The zero-order valence-electron chi connectivity index (χ0n) is 13.8. The van der Waals surface area contributed by atoms with Gasteiger partial charge in [0.15, 0.2) is 0 Å². The van der Waals surface area contributed by atoms with Crippen molar-refractivity contribution in [2.75, 3.05) is 12.8 Å². The number of nitrogens with two attached hydrogens (primary N) is 1. The second-order valence-corrected chi connectivity index (χ2v) is 5.45. The number of H-pyrrole nitrogens is 1. The number of hydrogen-bond acceptors (Lipinski definition) is 6. The van der Waals surface area contributed by atoms with Crippen molar-refractivity contribution in [3.8, 4) is 22.5 Å². The largest absolute Gasteiger partial charge is 0.468 e. The summed E-state index contributed by atoms with van der Waals surface area (Å²) in [6, 6.07) is 11.4. The SMILES string of the molecule is COC(=O)Cn1nc(C)c(-c2cc(-c3ccccc3)n[nH]2)c(N)c1=O. The summed E-state index contributed by atoms with van der Waals surface area (Å²) >= 11 is 0. The number of aromatic amines is 1. The standard InChI is InChI=1S/C17H17N5O3/c1-10-15(16(18)17(24)22(21-10)9-14(23)25-2)13-8-12(19-20-13)11-6-4-3-5-7-11/h3-8H,9,18H2,1-2H3,(H,19,20). The lowest BCUT2D eigenvalue weighted by atomic mass is 10.1. The van der Waals surface area contributed by atoms with E-state index in [1.165, 1.54) is 7.11 Å². The van der Waals surface area contributed by atoms with Gasteiger partial charge in [0.1, 0.15) is 12.2 Å². The molecule has 3 aromatic rings. The average Bonchev–Trinajstić information content (AvgIpc) is 3.09. The maximum absolute atomic E-state index is 12.4. The number of carbonyl (C=O) groups is 1. The fourth-order valence-electron chi connectivity index (χ4n) is 2.56. The molecule has 0 fully saturated rings. The van der Waals surface area contributed by atoms with Crippen LogP contribution in [0.5, 0.6) is 0 Å². The summed E-state index contributed by atoms with van der Waals surface area (Å²) < 4.78 is 5.55. The molecule has 0 aliphatic rings. The normalized spacial score (nSPS) is 10.6. The number of nitrogens with one attached hydrogen (secondary N) is 1. The number of rotatable bonds is 4. The Labute approximate surface area is 143 Å². The highest BCUT2D eigenvalue weighted by Crippen LogP contribution is 2.27. The van der Waals surface area contributed by atoms with Crippen LogP contribution in [-0.4, -0.2) is 33.1 Å². The molecule has 25 heavy (non-hydrogen) atoms. The highest BCUT2D eigenvalue weighted by atomic mass is 16.5. The lowest BCUT2D eigenvalue weighted by Crippen LogP contribution is -2.30. The van der Waals surface area contributed by atoms with Crippen LogP contribution in [0.2, 0.25) is 0 Å². The zero-order valence-corrected chi connectivity index (χ0v) is 13.8. The Morgan fingerprint density at radius 1 is 1.32 bits per heavy atom. The molecule has 2 aromatic heterocycles. The molecule has 0 bridgehead atoms. The van der Waals surface area contributed by atoms with Gasteiger partial charge in [-0.15, -0.1) is 0 Å². The molecule has 0 amide bonds. The molecule has 0 atom stereocenters. The number of ether oxygens (including phenoxy) is 1. The molecule has 0 saturated heterocycles. The fourth-order valence-corrected chi connectivity index (χ4v) is 2.56. The minimum Gasteiger partial charge on any atom is -0.468 e. The van der Waals surface area contributed by atoms with Gasteiger partial charge in [0, 0.05) is 5.56 Å². The second kappa shape index (κ2) is 6.60. The van der Waals surface area contributed by atoms with Gasteiger partial charge < -0.3 is 10.5 Å². The van der Waals surface area contributed by atoms with Crippen molar-refractivity contribution in [3.05, 3.63) is 52.4 Å². The first kappa shape index (κ1) is 16.4. The number of benzene rings is 1. The molecule has 0 aliphatic heterocycles. The van der Waals surface area contributed by atoms with E-state index in [0.717, 1.165) is 15.9 Å². The Morgan fingerprint density at radius 2 is 2.04 bits per heavy atom. The Morgan fingerprint density at radius 3 is 2.72 bits per heavy atom. The van der Waals surface area contributed by atoms with Crippen LogP contribution in [0.15, 0.2) is 41.2 Å². The van der Waals surface area contributed by atoms with Crippen LogP contribution < -0.4 is 11.3 Å². The van der Waals surface area contributed by atoms with Crippen LogP contribution in [-0.2, 0) is 16.1 Å². The van der Waals surface area contributed by atoms with Crippen molar-refractivity contribution in [1.29, 1.82) is 0 Å². The molecule has 3 N–H and O–H groups in total. The number of anilines is 1. The van der Waals surface area contributed by atoms with Crippen molar-refractivity contribution >= 4 is 11.7 Å². The van der Waals surface area contributed by atoms with Gasteiger partial charge in [-0.25, -0.2) is 4.68 Å². The van der Waals surface area contributed by atoms with Gasteiger partial charge in [-0.05, 0) is 13.0 Å². The van der Waals surface area contributed by atoms with Crippen molar-refractivity contribution in [2.24, 2.45) is 0 Å². The highest BCUT2D eigenvalue weighted by molar-refractivity contribution is 5.78. The third-order valence-electron chi connectivity index (χ3n) is 3.79. The summed E-state index contributed by atoms with van der Waals surface area (Å²) in [6.07, 6.45) is 0. The van der Waals surface area contributed by atoms with Gasteiger partial charge in [0.25, 0.3) is 5.56 Å². The third-order valence-corrected chi connectivity index (χ3v) is 3.79. The predicted octanol–water partition coefficient (Wildman–Crippen LogP) is 1.36. The van der Waals surface area contributed by atoms with Crippen molar-refractivity contribution < 1.29 is 9.53 Å². The molecule has 128 valence electrons. The number of aryl methyl sites for hydroxylation is 1. The second-order valence-electron chi connectivity index (χ2n) is 5.45. The number of hydrogen-bond donors (Lipinski definition) is 2. The number of nitrogens with zero attached hydrogens (tertiary/aromatic N) is 3. The quantitative estimate of drug-likeness (QED) is 0.693. The molecule has 0 unspecified atom stereocenters. The molecule has 3 rings (SSSR count). The number of aromatic nitrogens is 4. The van der Waals surface area contributed by atoms with E-state index in [2.05, 4.69) is 20.0 Å². The lowest BCUT2D eigenvalue weighted by Gasteiger charge is -2.10. The van der Waals surface area contributed by atoms with E-state index in [4.69, 9.17) is 5.73 Å². The summed E-state index contributed by atoms with van der Waals surface area (Å²) in [4.78, 5) is 23.8. The highest BCUT2D eigenvalue weighted by Gasteiger charge is 2.18. The molecule has 1 aromatic carbocycles. The van der Waals surface area contributed by atoms with Crippen LogP contribution in [0.4, 0.5) is 5.69 Å². The number of carbonyl (C=O) groups excluding carboxylic acids is 1. The van der Waals surface area contributed by atoms with E-state index < -0.39 is 11.5 Å². The van der Waals surface area contributed by atoms with Crippen LogP contribution in [0, 0.1) is 6.92 Å².